The summed E-state index contributed by atoms with van der Waals surface area (Å²) in [5.41, 5.74) is 5.37. The van der Waals surface area contributed by atoms with Crippen LogP contribution in [-0.2, 0) is 4.79 Å². The lowest BCUT2D eigenvalue weighted by Crippen LogP contribution is -2.32. The fraction of sp³-hybridized carbons (Fsp3) is 0.0800. The number of rotatable bonds is 7. The molecule has 0 bridgehead atoms. The molecule has 32 heavy (non-hydrogen) atoms. The molecule has 3 aromatic carbocycles. The third-order valence-corrected chi connectivity index (χ3v) is 4.52. The van der Waals surface area contributed by atoms with Crippen LogP contribution in [0.25, 0.3) is 6.08 Å². The van der Waals surface area contributed by atoms with Gasteiger partial charge in [-0.05, 0) is 65.7 Å². The average Bonchev–Trinajstić information content (AvgIpc) is 2.80. The zero-order valence-electron chi connectivity index (χ0n) is 17.8. The van der Waals surface area contributed by atoms with E-state index >= 15 is 0 Å². The molecule has 7 heteroatoms. The van der Waals surface area contributed by atoms with E-state index in [9.17, 15) is 14.7 Å². The first-order valence-corrected chi connectivity index (χ1v) is 9.90. The molecule has 0 radical (unpaired) electrons. The first kappa shape index (κ1) is 22.3. The number of phenols is 1. The van der Waals surface area contributed by atoms with Crippen LogP contribution in [0.15, 0.2) is 89.7 Å². The molecule has 0 heterocycles. The number of hydrazone groups is 1. The van der Waals surface area contributed by atoms with Gasteiger partial charge in [-0.2, -0.15) is 5.10 Å². The van der Waals surface area contributed by atoms with Crippen LogP contribution < -0.4 is 15.6 Å². The molecule has 0 unspecified atom stereocenters. The zero-order chi connectivity index (χ0) is 22.9. The summed E-state index contributed by atoms with van der Waals surface area (Å²) in [5.74, 6) is -0.833. The Labute approximate surface area is 186 Å². The van der Waals surface area contributed by atoms with E-state index in [-0.39, 0.29) is 11.4 Å². The maximum absolute atomic E-state index is 12.8. The molecule has 0 atom stereocenters. The minimum Gasteiger partial charge on any atom is -0.508 e. The van der Waals surface area contributed by atoms with Gasteiger partial charge < -0.3 is 15.3 Å². The standard InChI is InChI=1S/C25H24N4O3/c1-29(2)21-12-8-18(9-13-21)16-23(27-24(31)20-6-4-3-5-7-20)25(32)28-26-17-19-10-14-22(30)15-11-19/h3-17,30H,1-2H3,(H,27,31)(H,28,32)/b23-16+,26-17+. The fourth-order valence-corrected chi connectivity index (χ4v) is 2.76. The number of carbonyl (C=O) groups is 2. The highest BCUT2D eigenvalue weighted by atomic mass is 16.3. The van der Waals surface area contributed by atoms with Gasteiger partial charge in [-0.3, -0.25) is 9.59 Å². The van der Waals surface area contributed by atoms with Crippen molar-refractivity contribution in [2.75, 3.05) is 19.0 Å². The second-order valence-corrected chi connectivity index (χ2v) is 7.15. The monoisotopic (exact) mass is 428 g/mol. The Balaban J connectivity index is 1.80. The number of hydrogen-bond donors (Lipinski definition) is 3. The van der Waals surface area contributed by atoms with Crippen LogP contribution in [0.4, 0.5) is 5.69 Å². The summed E-state index contributed by atoms with van der Waals surface area (Å²) in [6.45, 7) is 0. The summed E-state index contributed by atoms with van der Waals surface area (Å²) >= 11 is 0. The van der Waals surface area contributed by atoms with Gasteiger partial charge >= 0.3 is 0 Å². The number of amides is 2. The molecule has 0 aliphatic carbocycles. The topological polar surface area (TPSA) is 94.0 Å². The van der Waals surface area contributed by atoms with Gasteiger partial charge in [0.25, 0.3) is 11.8 Å². The van der Waals surface area contributed by atoms with Gasteiger partial charge in [-0.25, -0.2) is 5.43 Å². The van der Waals surface area contributed by atoms with Gasteiger partial charge in [-0.1, -0.05) is 30.3 Å². The van der Waals surface area contributed by atoms with E-state index in [0.29, 0.717) is 11.1 Å². The van der Waals surface area contributed by atoms with Crippen LogP contribution in [-0.4, -0.2) is 37.2 Å². The van der Waals surface area contributed by atoms with Crippen LogP contribution in [0.2, 0.25) is 0 Å². The molecular weight excluding hydrogens is 404 g/mol. The Morgan fingerprint density at radius 1 is 0.875 bits per heavy atom. The highest BCUT2D eigenvalue weighted by Gasteiger charge is 2.14. The maximum Gasteiger partial charge on any atom is 0.287 e. The highest BCUT2D eigenvalue weighted by Crippen LogP contribution is 2.15. The van der Waals surface area contributed by atoms with Crippen molar-refractivity contribution < 1.29 is 14.7 Å². The van der Waals surface area contributed by atoms with Crippen molar-refractivity contribution in [3.63, 3.8) is 0 Å². The minimum absolute atomic E-state index is 0.0549. The molecule has 3 N–H and O–H groups in total. The second-order valence-electron chi connectivity index (χ2n) is 7.15. The van der Waals surface area contributed by atoms with Crippen LogP contribution in [0, 0.1) is 0 Å². The number of nitrogens with zero attached hydrogens (tertiary/aromatic N) is 2. The maximum atomic E-state index is 12.8. The Hall–Kier alpha value is -4.39. The Morgan fingerprint density at radius 3 is 2.12 bits per heavy atom. The Kier molecular flexibility index (Phi) is 7.37. The molecular formula is C25H24N4O3. The van der Waals surface area contributed by atoms with Crippen LogP contribution in [0.1, 0.15) is 21.5 Å². The largest absolute Gasteiger partial charge is 0.508 e. The predicted molar refractivity (Wildman–Crippen MR) is 126 cm³/mol. The molecule has 0 saturated heterocycles. The predicted octanol–water partition coefficient (Wildman–Crippen LogP) is 3.38. The summed E-state index contributed by atoms with van der Waals surface area (Å²) in [6.07, 6.45) is 3.03. The quantitative estimate of drug-likeness (QED) is 0.306. The van der Waals surface area contributed by atoms with Gasteiger partial charge in [-0.15, -0.1) is 0 Å². The summed E-state index contributed by atoms with van der Waals surface area (Å²) in [6, 6.07) is 22.6. The number of nitrogens with one attached hydrogen (secondary N) is 2. The van der Waals surface area contributed by atoms with Crippen molar-refractivity contribution in [1.82, 2.24) is 10.7 Å². The van der Waals surface area contributed by atoms with Crippen LogP contribution in [0.3, 0.4) is 0 Å². The van der Waals surface area contributed by atoms with E-state index < -0.39 is 11.8 Å². The number of aromatic hydroxyl groups is 1. The van der Waals surface area contributed by atoms with E-state index in [1.165, 1.54) is 18.3 Å². The number of carbonyl (C=O) groups excluding carboxylic acids is 2. The van der Waals surface area contributed by atoms with Crippen molar-refractivity contribution in [2.24, 2.45) is 5.10 Å². The first-order chi connectivity index (χ1) is 15.4. The zero-order valence-corrected chi connectivity index (χ0v) is 17.8. The smallest absolute Gasteiger partial charge is 0.287 e. The molecule has 3 rings (SSSR count). The van der Waals surface area contributed by atoms with Crippen molar-refractivity contribution in [2.45, 2.75) is 0 Å². The van der Waals surface area contributed by atoms with Gasteiger partial charge in [0.15, 0.2) is 0 Å². The van der Waals surface area contributed by atoms with Crippen LogP contribution >= 0.6 is 0 Å². The normalized spacial score (nSPS) is 11.2. The van der Waals surface area contributed by atoms with Gasteiger partial charge in [0, 0.05) is 25.3 Å². The van der Waals surface area contributed by atoms with E-state index in [0.717, 1.165) is 11.3 Å². The molecule has 0 aromatic heterocycles. The highest BCUT2D eigenvalue weighted by molar-refractivity contribution is 6.05. The fourth-order valence-electron chi connectivity index (χ4n) is 2.76. The van der Waals surface area contributed by atoms with Crippen molar-refractivity contribution >= 4 is 29.8 Å². The minimum atomic E-state index is -0.569. The molecule has 0 saturated carbocycles. The second kappa shape index (κ2) is 10.6. The first-order valence-electron chi connectivity index (χ1n) is 9.90. The molecule has 162 valence electrons. The third-order valence-electron chi connectivity index (χ3n) is 4.52. The lowest BCUT2D eigenvalue weighted by Gasteiger charge is -2.12. The molecule has 0 spiro atoms. The van der Waals surface area contributed by atoms with E-state index in [2.05, 4.69) is 15.8 Å². The van der Waals surface area contributed by atoms with Crippen molar-refractivity contribution in [3.05, 3.63) is 101 Å². The molecule has 0 aliphatic heterocycles. The van der Waals surface area contributed by atoms with Gasteiger partial charge in [0.2, 0.25) is 0 Å². The summed E-state index contributed by atoms with van der Waals surface area (Å²) in [7, 11) is 3.88. The number of hydrogen-bond acceptors (Lipinski definition) is 5. The van der Waals surface area contributed by atoms with Gasteiger partial charge in [0.05, 0.1) is 6.21 Å². The number of phenolic OH excluding ortho intramolecular Hbond substituents is 1. The van der Waals surface area contributed by atoms with Gasteiger partial charge in [0.1, 0.15) is 11.4 Å². The lowest BCUT2D eigenvalue weighted by molar-refractivity contribution is -0.117. The van der Waals surface area contributed by atoms with E-state index in [1.807, 2.05) is 49.3 Å². The number of anilines is 1. The van der Waals surface area contributed by atoms with E-state index in [1.54, 1.807) is 42.5 Å². The molecule has 0 aliphatic rings. The van der Waals surface area contributed by atoms with Crippen LogP contribution in [0.5, 0.6) is 5.75 Å². The Bertz CT molecular complexity index is 1120. The van der Waals surface area contributed by atoms with E-state index in [4.69, 9.17) is 0 Å². The van der Waals surface area contributed by atoms with Crippen molar-refractivity contribution in [3.8, 4) is 5.75 Å². The molecule has 0 fully saturated rings. The lowest BCUT2D eigenvalue weighted by atomic mass is 10.1. The SMILES string of the molecule is CN(C)c1ccc(/C=C(/NC(=O)c2ccccc2)C(=O)N/N=C/c2ccc(O)cc2)cc1. The van der Waals surface area contributed by atoms with Crippen molar-refractivity contribution in [1.29, 1.82) is 0 Å². The Morgan fingerprint density at radius 2 is 1.50 bits per heavy atom. The number of benzene rings is 3. The molecule has 7 nitrogen and oxygen atoms in total. The summed E-state index contributed by atoms with van der Waals surface area (Å²) in [4.78, 5) is 27.4. The average molecular weight is 428 g/mol. The molecule has 3 aromatic rings. The third kappa shape index (κ3) is 6.30. The molecule has 2 amide bonds. The summed E-state index contributed by atoms with van der Waals surface area (Å²) in [5, 5.41) is 16.0. The summed E-state index contributed by atoms with van der Waals surface area (Å²) < 4.78 is 0.